The fourth-order valence-corrected chi connectivity index (χ4v) is 3.51. The van der Waals surface area contributed by atoms with Crippen LogP contribution in [-0.4, -0.2) is 35.0 Å². The van der Waals surface area contributed by atoms with Crippen molar-refractivity contribution in [3.8, 4) is 0 Å². The van der Waals surface area contributed by atoms with Crippen LogP contribution < -0.4 is 0 Å². The third kappa shape index (κ3) is 1.86. The lowest BCUT2D eigenvalue weighted by atomic mass is 9.58. The number of carbonyl (C=O) groups excluding carboxylic acids is 1. The Kier molecular flexibility index (Phi) is 3.41. The topological polar surface area (TPSA) is 66.8 Å². The number of carbonyl (C=O) groups is 1. The second kappa shape index (κ2) is 4.62. The summed E-state index contributed by atoms with van der Waals surface area (Å²) in [5.41, 5.74) is 0.398. The van der Waals surface area contributed by atoms with E-state index in [9.17, 15) is 15.0 Å². The molecule has 2 aliphatic rings. The van der Waals surface area contributed by atoms with Gasteiger partial charge in [-0.15, -0.1) is 6.58 Å². The fourth-order valence-electron chi connectivity index (χ4n) is 3.51. The van der Waals surface area contributed by atoms with Crippen LogP contribution in [-0.2, 0) is 9.53 Å². The zero-order valence-corrected chi connectivity index (χ0v) is 11.1. The largest absolute Gasteiger partial charge is 0.458 e. The van der Waals surface area contributed by atoms with Gasteiger partial charge in [0, 0.05) is 16.9 Å². The zero-order chi connectivity index (χ0) is 14.4. The smallest absolute Gasteiger partial charge is 0.334 e. The maximum absolute atomic E-state index is 11.7. The highest BCUT2D eigenvalue weighted by Crippen LogP contribution is 2.52. The van der Waals surface area contributed by atoms with E-state index in [1.807, 2.05) is 6.92 Å². The van der Waals surface area contributed by atoms with Crippen molar-refractivity contribution < 1.29 is 19.7 Å². The van der Waals surface area contributed by atoms with Gasteiger partial charge in [0.2, 0.25) is 0 Å². The Labute approximate surface area is 113 Å². The van der Waals surface area contributed by atoms with Crippen LogP contribution in [0.15, 0.2) is 37.0 Å². The highest BCUT2D eigenvalue weighted by molar-refractivity contribution is 5.91. The van der Waals surface area contributed by atoms with E-state index in [-0.39, 0.29) is 12.5 Å². The van der Waals surface area contributed by atoms with Gasteiger partial charge in [-0.3, -0.25) is 0 Å². The summed E-state index contributed by atoms with van der Waals surface area (Å²) in [4.78, 5) is 11.7. The Bertz CT molecular complexity index is 453. The molecule has 0 bridgehead atoms. The van der Waals surface area contributed by atoms with Gasteiger partial charge in [0.05, 0.1) is 18.6 Å². The Morgan fingerprint density at radius 1 is 1.63 bits per heavy atom. The first-order valence-corrected chi connectivity index (χ1v) is 6.35. The summed E-state index contributed by atoms with van der Waals surface area (Å²) in [6, 6.07) is 0. The van der Waals surface area contributed by atoms with Crippen molar-refractivity contribution in [3.05, 3.63) is 37.0 Å². The fraction of sp³-hybridized carbons (Fsp3) is 0.533. The quantitative estimate of drug-likeness (QED) is 0.457. The number of ether oxygens (including phenoxy) is 1. The van der Waals surface area contributed by atoms with Crippen molar-refractivity contribution >= 4 is 5.97 Å². The van der Waals surface area contributed by atoms with Gasteiger partial charge >= 0.3 is 5.97 Å². The van der Waals surface area contributed by atoms with Crippen LogP contribution in [0.3, 0.4) is 0 Å². The van der Waals surface area contributed by atoms with Crippen molar-refractivity contribution in [2.75, 3.05) is 6.61 Å². The molecule has 1 saturated heterocycles. The van der Waals surface area contributed by atoms with Crippen LogP contribution in [0.2, 0.25) is 0 Å². The van der Waals surface area contributed by atoms with Crippen molar-refractivity contribution in [1.29, 1.82) is 0 Å². The second-order valence-corrected chi connectivity index (χ2v) is 5.61. The Balaban J connectivity index is 2.50. The number of esters is 1. The molecular formula is C15H20O4. The van der Waals surface area contributed by atoms with E-state index in [0.29, 0.717) is 12.0 Å². The van der Waals surface area contributed by atoms with Crippen LogP contribution in [0.25, 0.3) is 0 Å². The molecule has 0 aromatic heterocycles. The van der Waals surface area contributed by atoms with Crippen LogP contribution in [0.4, 0.5) is 0 Å². The van der Waals surface area contributed by atoms with Crippen LogP contribution in [0.1, 0.15) is 13.3 Å². The molecule has 1 heterocycles. The average Bonchev–Trinajstić information content (AvgIpc) is 2.64. The van der Waals surface area contributed by atoms with E-state index in [4.69, 9.17) is 4.74 Å². The number of hydrogen-bond donors (Lipinski definition) is 2. The molecule has 2 fully saturated rings. The molecule has 0 spiro atoms. The SMILES string of the molecule is C=CC1(CO)CC(O)C2C(=C)C(=O)OC2C1C(=C)C. The van der Waals surface area contributed by atoms with E-state index in [2.05, 4.69) is 19.7 Å². The van der Waals surface area contributed by atoms with Gasteiger partial charge in [0.15, 0.2) is 0 Å². The Morgan fingerprint density at radius 2 is 2.26 bits per heavy atom. The molecule has 104 valence electrons. The third-order valence-electron chi connectivity index (χ3n) is 4.45. The molecular weight excluding hydrogens is 244 g/mol. The predicted octanol–water partition coefficient (Wildman–Crippen LogP) is 1.21. The first kappa shape index (κ1) is 14.0. The summed E-state index contributed by atoms with van der Waals surface area (Å²) in [5.74, 6) is -1.15. The molecule has 4 heteroatoms. The summed E-state index contributed by atoms with van der Waals surface area (Å²) in [7, 11) is 0. The van der Waals surface area contributed by atoms with Crippen LogP contribution in [0.5, 0.6) is 0 Å². The molecule has 4 nitrogen and oxygen atoms in total. The zero-order valence-electron chi connectivity index (χ0n) is 11.1. The summed E-state index contributed by atoms with van der Waals surface area (Å²) in [5, 5.41) is 20.0. The Hall–Kier alpha value is -1.39. The molecule has 0 amide bonds. The molecule has 19 heavy (non-hydrogen) atoms. The monoisotopic (exact) mass is 264 g/mol. The van der Waals surface area contributed by atoms with Crippen molar-refractivity contribution in [3.63, 3.8) is 0 Å². The summed E-state index contributed by atoms with van der Waals surface area (Å²) >= 11 is 0. The number of rotatable bonds is 3. The third-order valence-corrected chi connectivity index (χ3v) is 4.45. The van der Waals surface area contributed by atoms with Crippen LogP contribution >= 0.6 is 0 Å². The summed E-state index contributed by atoms with van der Waals surface area (Å²) in [6.07, 6.45) is 0.665. The highest BCUT2D eigenvalue weighted by atomic mass is 16.6. The molecule has 5 unspecified atom stereocenters. The highest BCUT2D eigenvalue weighted by Gasteiger charge is 2.57. The lowest BCUT2D eigenvalue weighted by Crippen LogP contribution is -2.52. The van der Waals surface area contributed by atoms with Gasteiger partial charge in [-0.2, -0.15) is 0 Å². The summed E-state index contributed by atoms with van der Waals surface area (Å²) in [6.45, 7) is 13.1. The number of hydrogen-bond acceptors (Lipinski definition) is 4. The minimum atomic E-state index is -0.773. The molecule has 1 aliphatic heterocycles. The molecule has 0 aromatic carbocycles. The van der Waals surface area contributed by atoms with Gasteiger partial charge in [-0.25, -0.2) is 4.79 Å². The minimum absolute atomic E-state index is 0.168. The van der Waals surface area contributed by atoms with E-state index in [1.54, 1.807) is 6.08 Å². The van der Waals surface area contributed by atoms with E-state index in [1.165, 1.54) is 0 Å². The van der Waals surface area contributed by atoms with Crippen molar-refractivity contribution in [2.24, 2.45) is 17.3 Å². The van der Waals surface area contributed by atoms with E-state index >= 15 is 0 Å². The lowest BCUT2D eigenvalue weighted by molar-refractivity contribution is -0.148. The van der Waals surface area contributed by atoms with Crippen LogP contribution in [0, 0.1) is 17.3 Å². The van der Waals surface area contributed by atoms with Gasteiger partial charge in [0.25, 0.3) is 0 Å². The first-order chi connectivity index (χ1) is 8.88. The van der Waals surface area contributed by atoms with Gasteiger partial charge < -0.3 is 14.9 Å². The van der Waals surface area contributed by atoms with Gasteiger partial charge in [0.1, 0.15) is 6.10 Å². The maximum Gasteiger partial charge on any atom is 0.334 e. The van der Waals surface area contributed by atoms with E-state index in [0.717, 1.165) is 5.57 Å². The second-order valence-electron chi connectivity index (χ2n) is 5.61. The first-order valence-electron chi connectivity index (χ1n) is 6.35. The number of aliphatic hydroxyl groups excluding tert-OH is 2. The number of fused-ring (bicyclic) bond motifs is 1. The standard InChI is InChI=1S/C15H20O4/c1-5-15(7-16)6-10(17)11-9(4)14(18)19-13(11)12(15)8(2)3/h5,10-13,16-17H,1-2,4,6-7H2,3H3. The van der Waals surface area contributed by atoms with Gasteiger partial charge in [-0.05, 0) is 13.3 Å². The molecule has 0 aromatic rings. The van der Waals surface area contributed by atoms with Gasteiger partial charge in [-0.1, -0.05) is 24.8 Å². The van der Waals surface area contributed by atoms with Crippen molar-refractivity contribution in [1.82, 2.24) is 0 Å². The average molecular weight is 264 g/mol. The summed E-state index contributed by atoms with van der Waals surface area (Å²) < 4.78 is 5.36. The van der Waals surface area contributed by atoms with Crippen molar-refractivity contribution in [2.45, 2.75) is 25.6 Å². The predicted molar refractivity (Wildman–Crippen MR) is 71.2 cm³/mol. The lowest BCUT2D eigenvalue weighted by Gasteiger charge is -2.48. The molecule has 2 N–H and O–H groups in total. The minimum Gasteiger partial charge on any atom is -0.458 e. The van der Waals surface area contributed by atoms with E-state index < -0.39 is 29.5 Å². The molecule has 1 saturated carbocycles. The number of aliphatic hydroxyl groups is 2. The molecule has 0 radical (unpaired) electrons. The molecule has 1 aliphatic carbocycles. The normalized spacial score (nSPS) is 41.6. The maximum atomic E-state index is 11.7. The Morgan fingerprint density at radius 3 is 2.74 bits per heavy atom. The molecule has 2 rings (SSSR count). The molecule has 5 atom stereocenters.